The second-order valence-electron chi connectivity index (χ2n) is 9.78. The molecule has 36 heavy (non-hydrogen) atoms. The van der Waals surface area contributed by atoms with Crippen molar-refractivity contribution in [1.82, 2.24) is 0 Å². The summed E-state index contributed by atoms with van der Waals surface area (Å²) in [5, 5.41) is 20.6. The normalized spacial score (nSPS) is 15.1. The van der Waals surface area contributed by atoms with Gasteiger partial charge in [0.1, 0.15) is 0 Å². The standard InChI is InChI=1S/C28H45N3O5/c1-3-7-21(18-32)16-24(33)12-11-20-14-23(15-22(19-35-2)8-6-13-31-28(29)30)27(34)26(17-20)36-25-9-4-5-10-25/h14,16-17,22,25,32,34H,3-13,15,18-19H2,1-2H3,(H4,29,30,31). The van der Waals surface area contributed by atoms with E-state index in [-0.39, 0.29) is 36.1 Å². The number of rotatable bonds is 17. The van der Waals surface area contributed by atoms with Crippen LogP contribution in [0.4, 0.5) is 0 Å². The van der Waals surface area contributed by atoms with Crippen LogP contribution in [0.1, 0.15) is 75.8 Å². The topological polar surface area (TPSA) is 140 Å². The Morgan fingerprint density at radius 1 is 1.25 bits per heavy atom. The molecule has 0 heterocycles. The molecule has 1 fully saturated rings. The van der Waals surface area contributed by atoms with Crippen molar-refractivity contribution in [1.29, 1.82) is 0 Å². The minimum Gasteiger partial charge on any atom is -0.504 e. The number of carbonyl (C=O) groups is 1. The number of aliphatic hydroxyl groups is 1. The molecule has 1 saturated carbocycles. The lowest BCUT2D eigenvalue weighted by atomic mass is 9.92. The smallest absolute Gasteiger partial charge is 0.185 e. The van der Waals surface area contributed by atoms with Gasteiger partial charge >= 0.3 is 0 Å². The third kappa shape index (κ3) is 10.6. The van der Waals surface area contributed by atoms with Crippen molar-refractivity contribution in [3.63, 3.8) is 0 Å². The molecule has 8 nitrogen and oxygen atoms in total. The summed E-state index contributed by atoms with van der Waals surface area (Å²) < 4.78 is 11.7. The van der Waals surface area contributed by atoms with Crippen molar-refractivity contribution in [2.75, 3.05) is 26.9 Å². The molecular formula is C28H45N3O5. The van der Waals surface area contributed by atoms with Crippen LogP contribution in [0.3, 0.4) is 0 Å². The molecule has 1 unspecified atom stereocenters. The maximum Gasteiger partial charge on any atom is 0.185 e. The van der Waals surface area contributed by atoms with Gasteiger partial charge in [0.2, 0.25) is 0 Å². The molecule has 0 bridgehead atoms. The number of ketones is 1. The molecule has 8 heteroatoms. The molecule has 1 atom stereocenters. The van der Waals surface area contributed by atoms with E-state index in [1.807, 2.05) is 19.1 Å². The highest BCUT2D eigenvalue weighted by Crippen LogP contribution is 2.37. The zero-order valence-electron chi connectivity index (χ0n) is 22.0. The van der Waals surface area contributed by atoms with E-state index in [0.717, 1.165) is 68.1 Å². The van der Waals surface area contributed by atoms with E-state index in [4.69, 9.17) is 20.9 Å². The van der Waals surface area contributed by atoms with Crippen molar-refractivity contribution >= 4 is 11.7 Å². The number of guanidine groups is 1. The van der Waals surface area contributed by atoms with Gasteiger partial charge in [-0.2, -0.15) is 0 Å². The van der Waals surface area contributed by atoms with E-state index in [0.29, 0.717) is 38.2 Å². The summed E-state index contributed by atoms with van der Waals surface area (Å²) in [5.74, 6) is 0.930. The van der Waals surface area contributed by atoms with Crippen molar-refractivity contribution in [3.8, 4) is 11.5 Å². The average Bonchev–Trinajstić information content (AvgIpc) is 3.36. The van der Waals surface area contributed by atoms with Crippen LogP contribution < -0.4 is 16.2 Å². The Bertz CT molecular complexity index is 874. The SMILES string of the molecule is CCCC(=CC(=O)CCc1cc(CC(CCCN=C(N)N)COC)c(O)c(OC2CCCC2)c1)CO. The minimum absolute atomic E-state index is 0.00243. The highest BCUT2D eigenvalue weighted by atomic mass is 16.5. The van der Waals surface area contributed by atoms with E-state index >= 15 is 0 Å². The van der Waals surface area contributed by atoms with Gasteiger partial charge in [0.15, 0.2) is 23.2 Å². The Morgan fingerprint density at radius 3 is 2.64 bits per heavy atom. The van der Waals surface area contributed by atoms with Crippen LogP contribution in [0.5, 0.6) is 11.5 Å². The van der Waals surface area contributed by atoms with E-state index in [1.54, 1.807) is 13.2 Å². The first-order valence-electron chi connectivity index (χ1n) is 13.2. The van der Waals surface area contributed by atoms with E-state index in [9.17, 15) is 15.0 Å². The van der Waals surface area contributed by atoms with Gasteiger partial charge in [-0.3, -0.25) is 9.79 Å². The lowest BCUT2D eigenvalue weighted by Crippen LogP contribution is -2.23. The number of carbonyl (C=O) groups excluding carboxylic acids is 1. The Labute approximate surface area is 215 Å². The van der Waals surface area contributed by atoms with Crippen LogP contribution in [-0.2, 0) is 22.4 Å². The number of allylic oxidation sites excluding steroid dienone is 1. The average molecular weight is 504 g/mol. The molecule has 202 valence electrons. The molecule has 0 amide bonds. The maximum absolute atomic E-state index is 12.5. The van der Waals surface area contributed by atoms with Gasteiger partial charge in [0, 0.05) is 26.7 Å². The van der Waals surface area contributed by atoms with Crippen LogP contribution in [-0.4, -0.2) is 54.9 Å². The number of methoxy groups -OCH3 is 1. The summed E-state index contributed by atoms with van der Waals surface area (Å²) in [7, 11) is 1.67. The number of aliphatic hydroxyl groups excluding tert-OH is 1. The van der Waals surface area contributed by atoms with Crippen LogP contribution in [0.2, 0.25) is 0 Å². The largest absolute Gasteiger partial charge is 0.504 e. The number of phenolic OH excluding ortho intramolecular Hbond substituents is 1. The van der Waals surface area contributed by atoms with Crippen molar-refractivity contribution < 1.29 is 24.5 Å². The van der Waals surface area contributed by atoms with Crippen LogP contribution in [0.15, 0.2) is 28.8 Å². The summed E-state index contributed by atoms with van der Waals surface area (Å²) >= 11 is 0. The monoisotopic (exact) mass is 503 g/mol. The van der Waals surface area contributed by atoms with E-state index in [1.165, 1.54) is 0 Å². The predicted octanol–water partition coefficient (Wildman–Crippen LogP) is 3.79. The molecule has 1 aliphatic rings. The zero-order valence-corrected chi connectivity index (χ0v) is 22.0. The van der Waals surface area contributed by atoms with Gasteiger partial charge in [-0.25, -0.2) is 0 Å². The predicted molar refractivity (Wildman–Crippen MR) is 143 cm³/mol. The molecule has 0 aliphatic heterocycles. The lowest BCUT2D eigenvalue weighted by Gasteiger charge is -2.21. The summed E-state index contributed by atoms with van der Waals surface area (Å²) in [5.41, 5.74) is 13.4. The highest BCUT2D eigenvalue weighted by Gasteiger charge is 2.21. The fourth-order valence-corrected chi connectivity index (χ4v) is 4.77. The molecule has 1 aromatic carbocycles. The zero-order chi connectivity index (χ0) is 26.3. The number of benzene rings is 1. The molecule has 2 rings (SSSR count). The third-order valence-electron chi connectivity index (χ3n) is 6.58. The first-order valence-corrected chi connectivity index (χ1v) is 13.2. The van der Waals surface area contributed by atoms with Crippen molar-refractivity contribution in [3.05, 3.63) is 34.9 Å². The second-order valence-corrected chi connectivity index (χ2v) is 9.78. The number of aromatic hydroxyl groups is 1. The number of ether oxygens (including phenoxy) is 2. The van der Waals surface area contributed by atoms with E-state index < -0.39 is 0 Å². The van der Waals surface area contributed by atoms with Gasteiger partial charge in [-0.05, 0) is 92.5 Å². The Kier molecular flexibility index (Phi) is 13.4. The first-order chi connectivity index (χ1) is 17.4. The van der Waals surface area contributed by atoms with Gasteiger partial charge in [-0.1, -0.05) is 19.4 Å². The number of hydrogen-bond acceptors (Lipinski definition) is 6. The lowest BCUT2D eigenvalue weighted by molar-refractivity contribution is -0.114. The maximum atomic E-state index is 12.5. The molecule has 1 aliphatic carbocycles. The van der Waals surface area contributed by atoms with Gasteiger partial charge in [0.25, 0.3) is 0 Å². The quantitative estimate of drug-likeness (QED) is 0.110. The molecule has 0 saturated heterocycles. The summed E-state index contributed by atoms with van der Waals surface area (Å²) in [4.78, 5) is 16.6. The first kappa shape index (κ1) is 29.6. The molecule has 0 radical (unpaired) electrons. The fraction of sp³-hybridized carbons (Fsp3) is 0.643. The van der Waals surface area contributed by atoms with Crippen molar-refractivity contribution in [2.45, 2.75) is 83.7 Å². The summed E-state index contributed by atoms with van der Waals surface area (Å²) in [6, 6.07) is 3.85. The Morgan fingerprint density at radius 2 is 2.00 bits per heavy atom. The minimum atomic E-state index is -0.0909. The number of aryl methyl sites for hydroxylation is 1. The highest BCUT2D eigenvalue weighted by molar-refractivity contribution is 5.90. The Hall–Kier alpha value is -2.58. The van der Waals surface area contributed by atoms with Crippen molar-refractivity contribution in [2.24, 2.45) is 22.4 Å². The second kappa shape index (κ2) is 16.2. The van der Waals surface area contributed by atoms with Gasteiger partial charge in [0.05, 0.1) is 12.7 Å². The number of aliphatic imine (C=N–C) groups is 1. The number of phenols is 1. The van der Waals surface area contributed by atoms with E-state index in [2.05, 4.69) is 4.99 Å². The molecule has 6 N–H and O–H groups in total. The number of hydrogen-bond donors (Lipinski definition) is 4. The number of nitrogens with two attached hydrogens (primary N) is 2. The van der Waals surface area contributed by atoms with Gasteiger partial charge < -0.3 is 31.2 Å². The Balaban J connectivity index is 2.20. The molecular weight excluding hydrogens is 458 g/mol. The fourth-order valence-electron chi connectivity index (χ4n) is 4.77. The summed E-state index contributed by atoms with van der Waals surface area (Å²) in [6.07, 6.45) is 10.7. The molecule has 1 aromatic rings. The third-order valence-corrected chi connectivity index (χ3v) is 6.58. The van der Waals surface area contributed by atoms with Crippen LogP contribution in [0.25, 0.3) is 0 Å². The number of nitrogens with zero attached hydrogens (tertiary/aromatic N) is 1. The molecule has 0 aromatic heterocycles. The molecule has 0 spiro atoms. The van der Waals surface area contributed by atoms with Crippen LogP contribution in [0, 0.1) is 5.92 Å². The van der Waals surface area contributed by atoms with Crippen LogP contribution >= 0.6 is 0 Å². The summed E-state index contributed by atoms with van der Waals surface area (Å²) in [6.45, 7) is 3.03. The van der Waals surface area contributed by atoms with Gasteiger partial charge in [-0.15, -0.1) is 0 Å².